The highest BCUT2D eigenvalue weighted by Crippen LogP contribution is 2.30. The zero-order chi connectivity index (χ0) is 16.5. The van der Waals surface area contributed by atoms with Crippen LogP contribution in [0, 0.1) is 11.3 Å². The summed E-state index contributed by atoms with van der Waals surface area (Å²) in [4.78, 5) is 14.7. The number of hydrogen-bond acceptors (Lipinski definition) is 3. The SMILES string of the molecule is CN(C)S(=O)(=O)N1CCC[C@H](C(=O)N2CCCC(C)(C)C2)C1. The van der Waals surface area contributed by atoms with Gasteiger partial charge in [0.1, 0.15) is 0 Å². The maximum absolute atomic E-state index is 12.8. The number of carbonyl (C=O) groups excluding carboxylic acids is 1. The number of nitrogens with zero attached hydrogens (tertiary/aromatic N) is 3. The van der Waals surface area contributed by atoms with E-state index >= 15 is 0 Å². The van der Waals surface area contributed by atoms with Crippen LogP contribution in [0.5, 0.6) is 0 Å². The Morgan fingerprint density at radius 3 is 2.45 bits per heavy atom. The lowest BCUT2D eigenvalue weighted by Crippen LogP contribution is -2.52. The van der Waals surface area contributed by atoms with Crippen LogP contribution < -0.4 is 0 Å². The molecule has 0 aliphatic carbocycles. The van der Waals surface area contributed by atoms with Crippen molar-refractivity contribution in [2.75, 3.05) is 40.3 Å². The van der Waals surface area contributed by atoms with Crippen molar-refractivity contribution in [3.63, 3.8) is 0 Å². The van der Waals surface area contributed by atoms with E-state index in [0.29, 0.717) is 13.1 Å². The Labute approximate surface area is 134 Å². The van der Waals surface area contributed by atoms with Crippen molar-refractivity contribution in [1.29, 1.82) is 0 Å². The summed E-state index contributed by atoms with van der Waals surface area (Å²) < 4.78 is 27.2. The molecule has 2 saturated heterocycles. The van der Waals surface area contributed by atoms with Gasteiger partial charge in [0.05, 0.1) is 5.92 Å². The fourth-order valence-electron chi connectivity index (χ4n) is 3.45. The maximum atomic E-state index is 12.8. The van der Waals surface area contributed by atoms with E-state index in [-0.39, 0.29) is 17.2 Å². The van der Waals surface area contributed by atoms with E-state index in [0.717, 1.165) is 38.8 Å². The van der Waals surface area contributed by atoms with Crippen LogP contribution >= 0.6 is 0 Å². The minimum absolute atomic E-state index is 0.131. The average Bonchev–Trinajstić information content (AvgIpc) is 2.45. The fraction of sp³-hybridized carbons (Fsp3) is 0.933. The molecule has 0 aromatic heterocycles. The zero-order valence-corrected chi connectivity index (χ0v) is 15.0. The van der Waals surface area contributed by atoms with E-state index in [1.54, 1.807) is 0 Å². The van der Waals surface area contributed by atoms with E-state index in [2.05, 4.69) is 13.8 Å². The highest BCUT2D eigenvalue weighted by Gasteiger charge is 2.37. The number of rotatable bonds is 3. The predicted molar refractivity (Wildman–Crippen MR) is 86.5 cm³/mol. The van der Waals surface area contributed by atoms with E-state index in [1.165, 1.54) is 22.7 Å². The topological polar surface area (TPSA) is 60.9 Å². The van der Waals surface area contributed by atoms with Crippen LogP contribution in [-0.4, -0.2) is 68.1 Å². The molecule has 0 aromatic carbocycles. The third-order valence-electron chi connectivity index (χ3n) is 4.73. The number of likely N-dealkylation sites (tertiary alicyclic amines) is 1. The molecule has 1 atom stereocenters. The lowest BCUT2D eigenvalue weighted by molar-refractivity contribution is -0.139. The van der Waals surface area contributed by atoms with E-state index in [9.17, 15) is 13.2 Å². The zero-order valence-electron chi connectivity index (χ0n) is 14.2. The maximum Gasteiger partial charge on any atom is 0.281 e. The monoisotopic (exact) mass is 331 g/mol. The molecule has 6 nitrogen and oxygen atoms in total. The van der Waals surface area contributed by atoms with Gasteiger partial charge in [-0.25, -0.2) is 0 Å². The molecule has 2 rings (SSSR count). The Hall–Kier alpha value is -0.660. The van der Waals surface area contributed by atoms with E-state index in [4.69, 9.17) is 0 Å². The average molecular weight is 331 g/mol. The molecule has 2 fully saturated rings. The first-order valence-electron chi connectivity index (χ1n) is 8.10. The summed E-state index contributed by atoms with van der Waals surface area (Å²) in [5.74, 6) is -0.0659. The Kier molecular flexibility index (Phi) is 5.19. The van der Waals surface area contributed by atoms with Crippen molar-refractivity contribution in [1.82, 2.24) is 13.5 Å². The van der Waals surface area contributed by atoms with Gasteiger partial charge in [-0.1, -0.05) is 13.8 Å². The van der Waals surface area contributed by atoms with Crippen LogP contribution in [0.15, 0.2) is 0 Å². The van der Waals surface area contributed by atoms with Crippen LogP contribution in [0.3, 0.4) is 0 Å². The number of piperidine rings is 2. The van der Waals surface area contributed by atoms with Gasteiger partial charge in [-0.2, -0.15) is 17.0 Å². The molecule has 0 N–H and O–H groups in total. The Morgan fingerprint density at radius 2 is 1.86 bits per heavy atom. The second-order valence-electron chi connectivity index (χ2n) is 7.51. The van der Waals surface area contributed by atoms with Crippen LogP contribution in [0.2, 0.25) is 0 Å². The summed E-state index contributed by atoms with van der Waals surface area (Å²) in [7, 11) is -0.353. The Morgan fingerprint density at radius 1 is 1.18 bits per heavy atom. The van der Waals surface area contributed by atoms with Crippen LogP contribution in [0.4, 0.5) is 0 Å². The van der Waals surface area contributed by atoms with E-state index in [1.807, 2.05) is 4.90 Å². The van der Waals surface area contributed by atoms with Gasteiger partial charge in [-0.15, -0.1) is 0 Å². The molecule has 2 aliphatic rings. The van der Waals surface area contributed by atoms with Crippen LogP contribution in [0.1, 0.15) is 39.5 Å². The van der Waals surface area contributed by atoms with Gasteiger partial charge >= 0.3 is 0 Å². The smallest absolute Gasteiger partial charge is 0.281 e. The summed E-state index contributed by atoms with van der Waals surface area (Å²) in [6, 6.07) is 0. The second kappa shape index (κ2) is 6.45. The summed E-state index contributed by atoms with van der Waals surface area (Å²) in [6.07, 6.45) is 3.71. The van der Waals surface area contributed by atoms with Gasteiger partial charge in [-0.3, -0.25) is 4.79 Å². The lowest BCUT2D eigenvalue weighted by atomic mass is 9.83. The van der Waals surface area contributed by atoms with Gasteiger partial charge in [0, 0.05) is 40.3 Å². The first-order valence-corrected chi connectivity index (χ1v) is 9.49. The van der Waals surface area contributed by atoms with Crippen molar-refractivity contribution in [3.8, 4) is 0 Å². The second-order valence-corrected chi connectivity index (χ2v) is 9.66. The van der Waals surface area contributed by atoms with Gasteiger partial charge in [0.2, 0.25) is 5.91 Å². The number of amides is 1. The van der Waals surface area contributed by atoms with Crippen molar-refractivity contribution < 1.29 is 13.2 Å². The molecule has 2 aliphatic heterocycles. The minimum Gasteiger partial charge on any atom is -0.342 e. The molecule has 7 heteroatoms. The molecule has 0 unspecified atom stereocenters. The van der Waals surface area contributed by atoms with Gasteiger partial charge in [0.15, 0.2) is 0 Å². The predicted octanol–water partition coefficient (Wildman–Crippen LogP) is 1.15. The molecule has 0 saturated carbocycles. The first-order chi connectivity index (χ1) is 10.1. The Balaban J connectivity index is 2.04. The summed E-state index contributed by atoms with van der Waals surface area (Å²) in [6.45, 7) is 6.79. The molecular formula is C15H29N3O3S. The quantitative estimate of drug-likeness (QED) is 0.779. The van der Waals surface area contributed by atoms with Crippen molar-refractivity contribution in [3.05, 3.63) is 0 Å². The Bertz CT molecular complexity index is 516. The summed E-state index contributed by atoms with van der Waals surface area (Å²) in [5.41, 5.74) is 0.165. The van der Waals surface area contributed by atoms with Crippen LogP contribution in [0.25, 0.3) is 0 Å². The third-order valence-corrected chi connectivity index (χ3v) is 6.64. The minimum atomic E-state index is -3.42. The molecule has 2 heterocycles. The molecule has 0 bridgehead atoms. The van der Waals surface area contributed by atoms with Crippen LogP contribution in [-0.2, 0) is 15.0 Å². The molecule has 22 heavy (non-hydrogen) atoms. The fourth-order valence-corrected chi connectivity index (χ4v) is 4.64. The first kappa shape index (κ1) is 17.7. The highest BCUT2D eigenvalue weighted by atomic mass is 32.2. The molecule has 1 amide bonds. The summed E-state index contributed by atoms with van der Waals surface area (Å²) >= 11 is 0. The molecule has 0 aromatic rings. The summed E-state index contributed by atoms with van der Waals surface area (Å²) in [5, 5.41) is 0. The molecule has 128 valence electrons. The third kappa shape index (κ3) is 3.81. The van der Waals surface area contributed by atoms with Crippen molar-refractivity contribution >= 4 is 16.1 Å². The highest BCUT2D eigenvalue weighted by molar-refractivity contribution is 7.86. The van der Waals surface area contributed by atoms with Gasteiger partial charge in [0.25, 0.3) is 10.2 Å². The molecule has 0 radical (unpaired) electrons. The molecule has 0 spiro atoms. The molecular weight excluding hydrogens is 302 g/mol. The standard InChI is InChI=1S/C15H29N3O3S/c1-15(2)8-6-9-17(12-15)14(19)13-7-5-10-18(11-13)22(20,21)16(3)4/h13H,5-12H2,1-4H3/t13-/m0/s1. The van der Waals surface area contributed by atoms with Gasteiger partial charge in [-0.05, 0) is 31.1 Å². The lowest BCUT2D eigenvalue weighted by Gasteiger charge is -2.41. The normalized spacial score (nSPS) is 27.1. The van der Waals surface area contributed by atoms with Crippen molar-refractivity contribution in [2.24, 2.45) is 11.3 Å². The number of carbonyl (C=O) groups is 1. The largest absolute Gasteiger partial charge is 0.342 e. The van der Waals surface area contributed by atoms with Gasteiger partial charge < -0.3 is 4.90 Å². The van der Waals surface area contributed by atoms with E-state index < -0.39 is 10.2 Å². The van der Waals surface area contributed by atoms with Crippen molar-refractivity contribution in [2.45, 2.75) is 39.5 Å². The number of hydrogen-bond donors (Lipinski definition) is 0.